The molecule has 0 aliphatic carbocycles. The van der Waals surface area contributed by atoms with E-state index < -0.39 is 5.97 Å². The molecule has 0 atom stereocenters. The van der Waals surface area contributed by atoms with Crippen LogP contribution in [-0.2, 0) is 9.53 Å². The van der Waals surface area contributed by atoms with Crippen LogP contribution in [0.25, 0.3) is 6.08 Å². The third-order valence-corrected chi connectivity index (χ3v) is 1.79. The van der Waals surface area contributed by atoms with Crippen molar-refractivity contribution in [3.63, 3.8) is 0 Å². The minimum atomic E-state index is -0.539. The lowest BCUT2D eigenvalue weighted by molar-refractivity contribution is -0.112. The van der Waals surface area contributed by atoms with Crippen LogP contribution in [-0.4, -0.2) is 24.0 Å². The van der Waals surface area contributed by atoms with Crippen LogP contribution in [0.5, 0.6) is 0 Å². The first-order valence-corrected chi connectivity index (χ1v) is 3.90. The molecule has 2 heterocycles. The van der Waals surface area contributed by atoms with Gasteiger partial charge in [-0.2, -0.15) is 4.99 Å². The summed E-state index contributed by atoms with van der Waals surface area (Å²) in [6.07, 6.45) is 1.36. The van der Waals surface area contributed by atoms with E-state index in [0.717, 1.165) is 0 Å². The molecule has 0 saturated carbocycles. The molecular weight excluding hydrogens is 184 g/mol. The van der Waals surface area contributed by atoms with Gasteiger partial charge in [0.05, 0.1) is 7.11 Å². The topological polar surface area (TPSA) is 68.6 Å². The van der Waals surface area contributed by atoms with E-state index in [-0.39, 0.29) is 17.1 Å². The predicted molar refractivity (Wildman–Crippen MR) is 45.8 cm³/mol. The van der Waals surface area contributed by atoms with Gasteiger partial charge in [-0.3, -0.25) is 4.79 Å². The summed E-state index contributed by atoms with van der Waals surface area (Å²) in [5, 5.41) is 0.627. The number of rotatable bonds is 1. The molecule has 1 aromatic heterocycles. The molecule has 0 N–H and O–H groups in total. The van der Waals surface area contributed by atoms with Crippen molar-refractivity contribution >= 4 is 18.0 Å². The van der Waals surface area contributed by atoms with E-state index in [4.69, 9.17) is 0 Å². The number of carbonyl (C=O) groups excluding carboxylic acids is 2. The molecule has 1 aliphatic rings. The normalized spacial score (nSPS) is 12.8. The van der Waals surface area contributed by atoms with Gasteiger partial charge >= 0.3 is 5.97 Å². The predicted octanol–water partition coefficient (Wildman–Crippen LogP) is -1.19. The molecule has 5 nitrogen and oxygen atoms in total. The van der Waals surface area contributed by atoms with Gasteiger partial charge in [0.1, 0.15) is 0 Å². The zero-order valence-electron chi connectivity index (χ0n) is 7.35. The SMILES string of the molecule is COC(=O)c1ccc2c(n1)=NC(=O)C=2. The molecule has 0 fully saturated rings. The standard InChI is InChI=1S/C9H6N2O3/c1-14-9(13)6-3-2-5-4-7(12)11-8(5)10-6/h2-4H,1H3. The van der Waals surface area contributed by atoms with Crippen LogP contribution in [0.4, 0.5) is 0 Å². The summed E-state index contributed by atoms with van der Waals surface area (Å²) in [4.78, 5) is 29.4. The van der Waals surface area contributed by atoms with Crippen LogP contribution < -0.4 is 10.7 Å². The van der Waals surface area contributed by atoms with Crippen molar-refractivity contribution in [1.82, 2.24) is 4.98 Å². The lowest BCUT2D eigenvalue weighted by Crippen LogP contribution is -2.27. The van der Waals surface area contributed by atoms with Gasteiger partial charge in [-0.05, 0) is 12.1 Å². The van der Waals surface area contributed by atoms with Crippen molar-refractivity contribution in [3.05, 3.63) is 28.5 Å². The molecule has 0 aromatic carbocycles. The number of amides is 1. The van der Waals surface area contributed by atoms with E-state index in [2.05, 4.69) is 14.7 Å². The highest BCUT2D eigenvalue weighted by Gasteiger charge is 2.10. The summed E-state index contributed by atoms with van der Waals surface area (Å²) in [5.74, 6) is -0.892. The maximum absolute atomic E-state index is 11.1. The third kappa shape index (κ3) is 1.28. The Morgan fingerprint density at radius 3 is 2.93 bits per heavy atom. The van der Waals surface area contributed by atoms with E-state index >= 15 is 0 Å². The van der Waals surface area contributed by atoms with E-state index in [1.807, 2.05) is 0 Å². The van der Waals surface area contributed by atoms with Gasteiger partial charge in [-0.15, -0.1) is 0 Å². The summed E-state index contributed by atoms with van der Waals surface area (Å²) >= 11 is 0. The fourth-order valence-electron chi connectivity index (χ4n) is 1.15. The molecule has 0 saturated heterocycles. The lowest BCUT2D eigenvalue weighted by atomic mass is 10.3. The van der Waals surface area contributed by atoms with E-state index in [1.54, 1.807) is 6.07 Å². The molecule has 1 aromatic rings. The maximum Gasteiger partial charge on any atom is 0.356 e. The number of aromatic nitrogens is 1. The highest BCUT2D eigenvalue weighted by atomic mass is 16.5. The molecule has 14 heavy (non-hydrogen) atoms. The largest absolute Gasteiger partial charge is 0.464 e. The van der Waals surface area contributed by atoms with Gasteiger partial charge in [0.15, 0.2) is 11.2 Å². The second kappa shape index (κ2) is 3.02. The van der Waals surface area contributed by atoms with Crippen LogP contribution in [0, 0.1) is 0 Å². The Labute approximate surface area is 78.7 Å². The lowest BCUT2D eigenvalue weighted by Gasteiger charge is -1.95. The number of hydrogen-bond acceptors (Lipinski definition) is 4. The Balaban J connectivity index is 2.60. The summed E-state index contributed by atoms with van der Waals surface area (Å²) < 4.78 is 4.48. The van der Waals surface area contributed by atoms with Crippen molar-refractivity contribution in [2.75, 3.05) is 7.11 Å². The maximum atomic E-state index is 11.1. The van der Waals surface area contributed by atoms with Crippen LogP contribution >= 0.6 is 0 Å². The van der Waals surface area contributed by atoms with Crippen molar-refractivity contribution in [3.8, 4) is 0 Å². The summed E-state index contributed by atoms with van der Waals surface area (Å²) in [7, 11) is 1.27. The zero-order chi connectivity index (χ0) is 10.1. The minimum absolute atomic E-state index is 0.151. The second-order valence-corrected chi connectivity index (χ2v) is 2.70. The first kappa shape index (κ1) is 8.55. The second-order valence-electron chi connectivity index (χ2n) is 2.70. The summed E-state index contributed by atoms with van der Waals surface area (Å²) in [6, 6.07) is 3.11. The van der Waals surface area contributed by atoms with Crippen LogP contribution in [0.3, 0.4) is 0 Å². The highest BCUT2D eigenvalue weighted by molar-refractivity contribution is 6.06. The first-order valence-electron chi connectivity index (χ1n) is 3.90. The fourth-order valence-corrected chi connectivity index (χ4v) is 1.15. The molecule has 0 radical (unpaired) electrons. The van der Waals surface area contributed by atoms with E-state index in [1.165, 1.54) is 19.3 Å². The number of pyridine rings is 1. The van der Waals surface area contributed by atoms with Crippen molar-refractivity contribution in [2.24, 2.45) is 4.99 Å². The van der Waals surface area contributed by atoms with Gasteiger partial charge in [-0.1, -0.05) is 0 Å². The van der Waals surface area contributed by atoms with Gasteiger partial charge < -0.3 is 4.74 Å². The molecule has 1 amide bonds. The number of hydrogen-bond donors (Lipinski definition) is 0. The fraction of sp³-hybridized carbons (Fsp3) is 0.111. The molecular formula is C9H6N2O3. The van der Waals surface area contributed by atoms with Gasteiger partial charge in [0, 0.05) is 11.3 Å². The Morgan fingerprint density at radius 1 is 1.43 bits per heavy atom. The summed E-state index contributed by atoms with van der Waals surface area (Å²) in [6.45, 7) is 0. The molecule has 2 rings (SSSR count). The Bertz CT molecular complexity index is 533. The Kier molecular flexibility index (Phi) is 1.85. The smallest absolute Gasteiger partial charge is 0.356 e. The van der Waals surface area contributed by atoms with Crippen LogP contribution in [0.15, 0.2) is 17.1 Å². The van der Waals surface area contributed by atoms with Crippen LogP contribution in [0.1, 0.15) is 10.5 Å². The molecule has 70 valence electrons. The summed E-state index contributed by atoms with van der Waals surface area (Å²) in [5.41, 5.74) is 0.427. The van der Waals surface area contributed by atoms with Crippen LogP contribution in [0.2, 0.25) is 0 Å². The molecule has 0 unspecified atom stereocenters. The monoisotopic (exact) mass is 190 g/mol. The first-order chi connectivity index (χ1) is 6.70. The van der Waals surface area contributed by atoms with E-state index in [9.17, 15) is 9.59 Å². The Hall–Kier alpha value is -2.04. The van der Waals surface area contributed by atoms with Crippen molar-refractivity contribution in [1.29, 1.82) is 0 Å². The highest BCUT2D eigenvalue weighted by Crippen LogP contribution is 1.92. The number of esters is 1. The third-order valence-electron chi connectivity index (χ3n) is 1.79. The molecule has 5 heteroatoms. The van der Waals surface area contributed by atoms with Crippen molar-refractivity contribution < 1.29 is 14.3 Å². The molecule has 0 spiro atoms. The number of methoxy groups -OCH3 is 1. The average Bonchev–Trinajstić information content (AvgIpc) is 2.55. The van der Waals surface area contributed by atoms with Gasteiger partial charge in [0.2, 0.25) is 0 Å². The molecule has 0 bridgehead atoms. The molecule has 1 aliphatic heterocycles. The average molecular weight is 190 g/mol. The number of ether oxygens (including phenoxy) is 1. The van der Waals surface area contributed by atoms with Gasteiger partial charge in [-0.25, -0.2) is 9.78 Å². The quantitative estimate of drug-likeness (QED) is 0.522. The van der Waals surface area contributed by atoms with E-state index in [0.29, 0.717) is 5.22 Å². The number of nitrogens with zero attached hydrogens (tertiary/aromatic N) is 2. The van der Waals surface area contributed by atoms with Crippen molar-refractivity contribution in [2.45, 2.75) is 0 Å². The van der Waals surface area contributed by atoms with Gasteiger partial charge in [0.25, 0.3) is 5.91 Å². The number of fused-ring (bicyclic) bond motifs is 1. The minimum Gasteiger partial charge on any atom is -0.464 e. The number of carbonyl (C=O) groups is 2. The Morgan fingerprint density at radius 2 is 2.21 bits per heavy atom. The zero-order valence-corrected chi connectivity index (χ0v) is 7.35.